The Balaban J connectivity index is 1.55. The maximum atomic E-state index is 13.1. The highest BCUT2D eigenvalue weighted by Gasteiger charge is 2.22. The number of anilines is 1. The number of amides is 2. The number of carbonyl (C=O) groups is 2. The highest BCUT2D eigenvalue weighted by molar-refractivity contribution is 6.30. The minimum Gasteiger partial charge on any atom is -0.331 e. The van der Waals surface area contributed by atoms with Crippen molar-refractivity contribution in [2.75, 3.05) is 11.9 Å². The third-order valence-corrected chi connectivity index (χ3v) is 5.80. The molecule has 1 N–H and O–H groups in total. The normalized spacial score (nSPS) is 10.9. The zero-order valence-electron chi connectivity index (χ0n) is 19.7. The summed E-state index contributed by atoms with van der Waals surface area (Å²) in [7, 11) is 0. The molecule has 0 saturated carbocycles. The van der Waals surface area contributed by atoms with Gasteiger partial charge in [-0.05, 0) is 43.7 Å². The summed E-state index contributed by atoms with van der Waals surface area (Å²) < 4.78 is 1.84. The molecule has 3 aromatic carbocycles. The van der Waals surface area contributed by atoms with E-state index in [4.69, 9.17) is 11.6 Å². The number of nitrogens with one attached hydrogen (secondary N) is 1. The van der Waals surface area contributed by atoms with E-state index >= 15 is 0 Å². The van der Waals surface area contributed by atoms with Gasteiger partial charge in [0.25, 0.3) is 0 Å². The van der Waals surface area contributed by atoms with Gasteiger partial charge in [-0.25, -0.2) is 4.98 Å². The first-order valence-electron chi connectivity index (χ1n) is 11.4. The van der Waals surface area contributed by atoms with Crippen molar-refractivity contribution in [3.63, 3.8) is 0 Å². The Morgan fingerprint density at radius 2 is 1.66 bits per heavy atom. The minimum absolute atomic E-state index is 0.0839. The average Bonchev–Trinajstić information content (AvgIpc) is 3.27. The highest BCUT2D eigenvalue weighted by atomic mass is 35.5. The van der Waals surface area contributed by atoms with Crippen LogP contribution in [0.1, 0.15) is 19.4 Å². The van der Waals surface area contributed by atoms with E-state index in [0.29, 0.717) is 11.0 Å². The number of para-hydroxylation sites is 1. The second-order valence-electron chi connectivity index (χ2n) is 8.49. The summed E-state index contributed by atoms with van der Waals surface area (Å²) >= 11 is 6.06. The largest absolute Gasteiger partial charge is 0.331 e. The molecule has 2 amide bonds. The Labute approximate surface area is 210 Å². The van der Waals surface area contributed by atoms with Gasteiger partial charge in [0.15, 0.2) is 0 Å². The highest BCUT2D eigenvalue weighted by Crippen LogP contribution is 2.24. The molecular weight excluding hydrogens is 460 g/mol. The molecule has 4 aromatic rings. The SMILES string of the molecule is CC(C)N(CC(=O)Nc1nc(-c2ccccc2)cn1-c1ccccc1)C(=O)Cc1cccc(Cl)c1. The van der Waals surface area contributed by atoms with Gasteiger partial charge in [-0.3, -0.25) is 19.5 Å². The third-order valence-electron chi connectivity index (χ3n) is 5.56. The predicted molar refractivity (Wildman–Crippen MR) is 140 cm³/mol. The van der Waals surface area contributed by atoms with Crippen molar-refractivity contribution in [3.05, 3.63) is 102 Å². The van der Waals surface area contributed by atoms with Gasteiger partial charge in [0, 0.05) is 28.5 Å². The van der Waals surface area contributed by atoms with Crippen LogP contribution in [-0.2, 0) is 16.0 Å². The lowest BCUT2D eigenvalue weighted by Gasteiger charge is -2.26. The molecule has 0 fully saturated rings. The van der Waals surface area contributed by atoms with Crippen LogP contribution in [0.5, 0.6) is 0 Å². The van der Waals surface area contributed by atoms with E-state index in [9.17, 15) is 9.59 Å². The molecule has 0 unspecified atom stereocenters. The number of aromatic nitrogens is 2. The Morgan fingerprint density at radius 3 is 2.31 bits per heavy atom. The maximum Gasteiger partial charge on any atom is 0.246 e. The Hall–Kier alpha value is -3.90. The van der Waals surface area contributed by atoms with Crippen LogP contribution in [0.2, 0.25) is 5.02 Å². The number of carbonyl (C=O) groups excluding carboxylic acids is 2. The van der Waals surface area contributed by atoms with Gasteiger partial charge in [-0.15, -0.1) is 0 Å². The topological polar surface area (TPSA) is 67.2 Å². The first-order valence-corrected chi connectivity index (χ1v) is 11.8. The third kappa shape index (κ3) is 6.16. The average molecular weight is 487 g/mol. The molecule has 0 spiro atoms. The van der Waals surface area contributed by atoms with Crippen LogP contribution in [0.3, 0.4) is 0 Å². The zero-order chi connectivity index (χ0) is 24.8. The number of halogens is 1. The van der Waals surface area contributed by atoms with Crippen LogP contribution in [0, 0.1) is 0 Å². The van der Waals surface area contributed by atoms with E-state index in [-0.39, 0.29) is 30.8 Å². The number of benzene rings is 3. The lowest BCUT2D eigenvalue weighted by Crippen LogP contribution is -2.43. The van der Waals surface area contributed by atoms with Crippen molar-refractivity contribution >= 4 is 29.4 Å². The van der Waals surface area contributed by atoms with Crippen LogP contribution in [-0.4, -0.2) is 38.9 Å². The number of hydrogen-bond acceptors (Lipinski definition) is 3. The standard InChI is InChI=1S/C28H27ClN4O2/c1-20(2)32(27(35)17-21-10-9-13-23(29)16-21)19-26(34)31-28-30-25(22-11-5-3-6-12-22)18-33(28)24-14-7-4-8-15-24/h3-16,18,20H,17,19H2,1-2H3,(H,30,31,34). The summed E-state index contributed by atoms with van der Waals surface area (Å²) in [5.41, 5.74) is 3.36. The fraction of sp³-hybridized carbons (Fsp3) is 0.179. The van der Waals surface area contributed by atoms with Crippen molar-refractivity contribution < 1.29 is 9.59 Å². The molecule has 1 aromatic heterocycles. The molecule has 0 bridgehead atoms. The Bertz CT molecular complexity index is 1300. The zero-order valence-corrected chi connectivity index (χ0v) is 20.4. The number of nitrogens with zero attached hydrogens (tertiary/aromatic N) is 3. The quantitative estimate of drug-likeness (QED) is 0.352. The Morgan fingerprint density at radius 1 is 0.971 bits per heavy atom. The van der Waals surface area contributed by atoms with E-state index in [1.807, 2.05) is 97.4 Å². The second-order valence-corrected chi connectivity index (χ2v) is 8.93. The summed E-state index contributed by atoms with van der Waals surface area (Å²) in [4.78, 5) is 32.3. The van der Waals surface area contributed by atoms with E-state index < -0.39 is 0 Å². The van der Waals surface area contributed by atoms with Gasteiger partial charge in [0.1, 0.15) is 6.54 Å². The van der Waals surface area contributed by atoms with Crippen molar-refractivity contribution in [1.82, 2.24) is 14.5 Å². The summed E-state index contributed by atoms with van der Waals surface area (Å²) in [6.07, 6.45) is 2.06. The molecule has 1 heterocycles. The van der Waals surface area contributed by atoms with E-state index in [1.54, 1.807) is 17.0 Å². The second kappa shape index (κ2) is 11.0. The van der Waals surface area contributed by atoms with Crippen LogP contribution in [0.4, 0.5) is 5.95 Å². The van der Waals surface area contributed by atoms with Crippen LogP contribution in [0.25, 0.3) is 16.9 Å². The van der Waals surface area contributed by atoms with Crippen LogP contribution in [0.15, 0.2) is 91.1 Å². The van der Waals surface area contributed by atoms with Gasteiger partial charge in [0.2, 0.25) is 17.8 Å². The van der Waals surface area contributed by atoms with Crippen molar-refractivity contribution in [3.8, 4) is 16.9 Å². The van der Waals surface area contributed by atoms with E-state index in [2.05, 4.69) is 10.3 Å². The molecule has 6 nitrogen and oxygen atoms in total. The summed E-state index contributed by atoms with van der Waals surface area (Å²) in [5, 5.41) is 3.49. The van der Waals surface area contributed by atoms with Crippen molar-refractivity contribution in [1.29, 1.82) is 0 Å². The first kappa shape index (κ1) is 24.2. The van der Waals surface area contributed by atoms with Gasteiger partial charge in [-0.1, -0.05) is 72.3 Å². The summed E-state index contributed by atoms with van der Waals surface area (Å²) in [5.74, 6) is -0.0691. The number of hydrogen-bond donors (Lipinski definition) is 1. The molecule has 0 aliphatic rings. The molecule has 178 valence electrons. The maximum absolute atomic E-state index is 13.1. The fourth-order valence-electron chi connectivity index (χ4n) is 3.80. The predicted octanol–water partition coefficient (Wildman–Crippen LogP) is 5.61. The molecule has 0 aliphatic carbocycles. The van der Waals surface area contributed by atoms with Gasteiger partial charge >= 0.3 is 0 Å². The van der Waals surface area contributed by atoms with E-state index in [0.717, 1.165) is 22.5 Å². The minimum atomic E-state index is -0.319. The molecule has 0 radical (unpaired) electrons. The van der Waals surface area contributed by atoms with Gasteiger partial charge in [0.05, 0.1) is 12.1 Å². The van der Waals surface area contributed by atoms with Crippen molar-refractivity contribution in [2.45, 2.75) is 26.3 Å². The fourth-order valence-corrected chi connectivity index (χ4v) is 4.02. The molecular formula is C28H27ClN4O2. The lowest BCUT2D eigenvalue weighted by atomic mass is 10.1. The first-order chi connectivity index (χ1) is 16.9. The van der Waals surface area contributed by atoms with Crippen molar-refractivity contribution in [2.24, 2.45) is 0 Å². The number of rotatable bonds is 8. The Kier molecular flexibility index (Phi) is 7.63. The van der Waals surface area contributed by atoms with Crippen LogP contribution >= 0.6 is 11.6 Å². The smallest absolute Gasteiger partial charge is 0.246 e. The van der Waals surface area contributed by atoms with Gasteiger partial charge < -0.3 is 4.90 Å². The number of imidazole rings is 1. The molecule has 0 aliphatic heterocycles. The molecule has 0 atom stereocenters. The monoisotopic (exact) mass is 486 g/mol. The lowest BCUT2D eigenvalue weighted by molar-refractivity contribution is -0.135. The van der Waals surface area contributed by atoms with Crippen LogP contribution < -0.4 is 5.32 Å². The molecule has 4 rings (SSSR count). The van der Waals surface area contributed by atoms with Gasteiger partial charge in [-0.2, -0.15) is 0 Å². The molecule has 35 heavy (non-hydrogen) atoms. The molecule has 0 saturated heterocycles. The van der Waals surface area contributed by atoms with E-state index in [1.165, 1.54) is 0 Å². The molecule has 7 heteroatoms. The summed E-state index contributed by atoms with van der Waals surface area (Å²) in [6, 6.07) is 26.5. The summed E-state index contributed by atoms with van der Waals surface area (Å²) in [6.45, 7) is 3.70.